The quantitative estimate of drug-likeness (QED) is 0.644. The van der Waals surface area contributed by atoms with Crippen LogP contribution in [0.5, 0.6) is 0 Å². The van der Waals surface area contributed by atoms with Crippen molar-refractivity contribution in [1.29, 1.82) is 0 Å². The van der Waals surface area contributed by atoms with E-state index >= 15 is 0 Å². The average molecular weight is 298 g/mol. The second kappa shape index (κ2) is 8.25. The lowest BCUT2D eigenvalue weighted by atomic mass is 9.78. The summed E-state index contributed by atoms with van der Waals surface area (Å²) in [6.45, 7) is 7.14. The minimum absolute atomic E-state index is 0.189. The number of carbonyl (C=O) groups is 2. The molecule has 5 nitrogen and oxygen atoms in total. The van der Waals surface area contributed by atoms with Crippen LogP contribution in [-0.4, -0.2) is 30.2 Å². The Morgan fingerprint density at radius 2 is 1.81 bits per heavy atom. The van der Waals surface area contributed by atoms with Crippen LogP contribution in [0.1, 0.15) is 59.3 Å². The molecule has 0 aliphatic heterocycles. The van der Waals surface area contributed by atoms with E-state index in [4.69, 9.17) is 5.11 Å². The Labute approximate surface area is 127 Å². The van der Waals surface area contributed by atoms with Gasteiger partial charge in [0.15, 0.2) is 0 Å². The zero-order valence-electron chi connectivity index (χ0n) is 13.6. The third kappa shape index (κ3) is 5.94. The van der Waals surface area contributed by atoms with Gasteiger partial charge in [-0.1, -0.05) is 33.6 Å². The molecule has 2 amide bonds. The van der Waals surface area contributed by atoms with Crippen molar-refractivity contribution in [2.75, 3.05) is 13.1 Å². The van der Waals surface area contributed by atoms with Gasteiger partial charge < -0.3 is 15.7 Å². The number of amides is 2. The van der Waals surface area contributed by atoms with Crippen molar-refractivity contribution in [3.8, 4) is 0 Å². The van der Waals surface area contributed by atoms with Gasteiger partial charge in [0.25, 0.3) is 0 Å². The molecule has 1 aliphatic rings. The molecule has 0 aromatic rings. The van der Waals surface area contributed by atoms with Crippen molar-refractivity contribution < 1.29 is 14.7 Å². The summed E-state index contributed by atoms with van der Waals surface area (Å²) in [5.74, 6) is -0.735. The van der Waals surface area contributed by atoms with Crippen molar-refractivity contribution in [2.45, 2.75) is 59.3 Å². The molecule has 3 N–H and O–H groups in total. The molecule has 1 aliphatic carbocycles. The van der Waals surface area contributed by atoms with E-state index in [0.717, 1.165) is 6.42 Å². The number of hydrogen-bond donors (Lipinski definition) is 3. The largest absolute Gasteiger partial charge is 0.481 e. The summed E-state index contributed by atoms with van der Waals surface area (Å²) in [5.41, 5.74) is 0.239. The summed E-state index contributed by atoms with van der Waals surface area (Å²) in [4.78, 5) is 22.8. The van der Waals surface area contributed by atoms with Gasteiger partial charge in [0, 0.05) is 13.1 Å². The first-order valence-corrected chi connectivity index (χ1v) is 8.13. The van der Waals surface area contributed by atoms with Crippen LogP contribution in [0.25, 0.3) is 0 Å². The van der Waals surface area contributed by atoms with Crippen LogP contribution >= 0.6 is 0 Å². The van der Waals surface area contributed by atoms with Gasteiger partial charge in [-0.3, -0.25) is 4.79 Å². The molecule has 1 atom stereocenters. The lowest BCUT2D eigenvalue weighted by Gasteiger charge is -2.31. The van der Waals surface area contributed by atoms with Crippen molar-refractivity contribution >= 4 is 12.0 Å². The third-order valence-corrected chi connectivity index (χ3v) is 4.48. The van der Waals surface area contributed by atoms with E-state index in [-0.39, 0.29) is 18.0 Å². The third-order valence-electron chi connectivity index (χ3n) is 4.48. The van der Waals surface area contributed by atoms with Gasteiger partial charge in [-0.2, -0.15) is 0 Å². The minimum Gasteiger partial charge on any atom is -0.481 e. The molecule has 0 radical (unpaired) electrons. The van der Waals surface area contributed by atoms with Gasteiger partial charge in [-0.25, -0.2) is 4.79 Å². The molecule has 0 aromatic heterocycles. The van der Waals surface area contributed by atoms with E-state index in [2.05, 4.69) is 24.5 Å². The SMILES string of the molecule is CCC(CNC(=O)NCC1(CC(C)C)CCCC1)C(=O)O. The predicted molar refractivity (Wildman–Crippen MR) is 83.2 cm³/mol. The minimum atomic E-state index is -0.857. The molecule has 0 saturated heterocycles. The number of carbonyl (C=O) groups excluding carboxylic acids is 1. The van der Waals surface area contributed by atoms with Crippen molar-refractivity contribution in [3.63, 3.8) is 0 Å². The first kappa shape index (κ1) is 17.8. The van der Waals surface area contributed by atoms with Crippen molar-refractivity contribution in [2.24, 2.45) is 17.3 Å². The summed E-state index contributed by atoms with van der Waals surface area (Å²) < 4.78 is 0. The second-order valence-corrected chi connectivity index (χ2v) is 6.81. The molecule has 0 heterocycles. The average Bonchev–Trinajstić information content (AvgIpc) is 2.85. The molecule has 21 heavy (non-hydrogen) atoms. The van der Waals surface area contributed by atoms with Crippen LogP contribution in [-0.2, 0) is 4.79 Å². The van der Waals surface area contributed by atoms with Crippen molar-refractivity contribution in [3.05, 3.63) is 0 Å². The van der Waals surface area contributed by atoms with Crippen LogP contribution < -0.4 is 10.6 Å². The highest BCUT2D eigenvalue weighted by atomic mass is 16.4. The number of carboxylic acid groups (broad SMARTS) is 1. The van der Waals surface area contributed by atoms with Gasteiger partial charge in [0.1, 0.15) is 0 Å². The smallest absolute Gasteiger partial charge is 0.314 e. The van der Waals surface area contributed by atoms with Gasteiger partial charge in [0.2, 0.25) is 0 Å². The molecule has 122 valence electrons. The van der Waals surface area contributed by atoms with E-state index in [1.165, 1.54) is 25.7 Å². The maximum absolute atomic E-state index is 11.9. The van der Waals surface area contributed by atoms with Gasteiger partial charge in [-0.15, -0.1) is 0 Å². The van der Waals surface area contributed by atoms with Gasteiger partial charge >= 0.3 is 12.0 Å². The van der Waals surface area contributed by atoms with Crippen LogP contribution in [0.2, 0.25) is 0 Å². The fourth-order valence-corrected chi connectivity index (χ4v) is 3.40. The Hall–Kier alpha value is -1.26. The lowest BCUT2D eigenvalue weighted by Crippen LogP contribution is -2.44. The van der Waals surface area contributed by atoms with Crippen molar-refractivity contribution in [1.82, 2.24) is 10.6 Å². The lowest BCUT2D eigenvalue weighted by molar-refractivity contribution is -0.141. The van der Waals surface area contributed by atoms with Crippen LogP contribution in [0.15, 0.2) is 0 Å². The zero-order valence-corrected chi connectivity index (χ0v) is 13.6. The van der Waals surface area contributed by atoms with E-state index in [0.29, 0.717) is 18.9 Å². The van der Waals surface area contributed by atoms with E-state index in [9.17, 15) is 9.59 Å². The number of rotatable bonds is 8. The number of carboxylic acids is 1. The Bertz CT molecular complexity index is 349. The molecule has 1 rings (SSSR count). The maximum atomic E-state index is 11.9. The first-order chi connectivity index (χ1) is 9.88. The maximum Gasteiger partial charge on any atom is 0.314 e. The second-order valence-electron chi connectivity index (χ2n) is 6.81. The number of hydrogen-bond acceptors (Lipinski definition) is 2. The Kier molecular flexibility index (Phi) is 6.99. The van der Waals surface area contributed by atoms with Gasteiger partial charge in [0.05, 0.1) is 5.92 Å². The fourth-order valence-electron chi connectivity index (χ4n) is 3.40. The highest BCUT2D eigenvalue weighted by molar-refractivity contribution is 5.75. The van der Waals surface area contributed by atoms with Gasteiger partial charge in [-0.05, 0) is 37.0 Å². The Balaban J connectivity index is 2.38. The Morgan fingerprint density at radius 1 is 1.19 bits per heavy atom. The molecule has 0 bridgehead atoms. The molecule has 1 saturated carbocycles. The molecular formula is C16H30N2O3. The number of nitrogens with one attached hydrogen (secondary N) is 2. The normalized spacial score (nSPS) is 18.5. The summed E-state index contributed by atoms with van der Waals surface area (Å²) in [6.07, 6.45) is 6.50. The van der Waals surface area contributed by atoms with Crippen LogP contribution in [0.3, 0.4) is 0 Å². The molecule has 0 aromatic carbocycles. The van der Waals surface area contributed by atoms with Crippen LogP contribution in [0.4, 0.5) is 4.79 Å². The number of aliphatic carboxylic acids is 1. The molecular weight excluding hydrogens is 268 g/mol. The number of urea groups is 1. The summed E-state index contributed by atoms with van der Waals surface area (Å²) in [6, 6.07) is -0.246. The first-order valence-electron chi connectivity index (χ1n) is 8.13. The Morgan fingerprint density at radius 3 is 2.29 bits per heavy atom. The summed E-state index contributed by atoms with van der Waals surface area (Å²) >= 11 is 0. The van der Waals surface area contributed by atoms with E-state index in [1.54, 1.807) is 0 Å². The highest BCUT2D eigenvalue weighted by Gasteiger charge is 2.34. The van der Waals surface area contributed by atoms with E-state index < -0.39 is 11.9 Å². The molecule has 1 unspecified atom stereocenters. The van der Waals surface area contributed by atoms with Crippen LogP contribution in [0, 0.1) is 17.3 Å². The highest BCUT2D eigenvalue weighted by Crippen LogP contribution is 2.42. The molecule has 1 fully saturated rings. The monoisotopic (exact) mass is 298 g/mol. The molecule has 5 heteroatoms. The van der Waals surface area contributed by atoms with E-state index in [1.807, 2.05) is 6.92 Å². The summed E-state index contributed by atoms with van der Waals surface area (Å²) in [7, 11) is 0. The topological polar surface area (TPSA) is 78.4 Å². The predicted octanol–water partition coefficient (Wildman–Crippen LogP) is 3.00. The summed E-state index contributed by atoms with van der Waals surface area (Å²) in [5, 5.41) is 14.6. The molecule has 0 spiro atoms. The zero-order chi connectivity index (χ0) is 15.9. The standard InChI is InChI=1S/C16H30N2O3/c1-4-13(14(19)20)10-17-15(21)18-11-16(9-12(2)3)7-5-6-8-16/h12-13H,4-11H2,1-3H3,(H,19,20)(H2,17,18,21). The fraction of sp³-hybridized carbons (Fsp3) is 0.875.